The highest BCUT2D eigenvalue weighted by Crippen LogP contribution is 2.38. The van der Waals surface area contributed by atoms with Crippen molar-refractivity contribution in [2.45, 2.75) is 44.6 Å². The summed E-state index contributed by atoms with van der Waals surface area (Å²) >= 11 is 2.32. The van der Waals surface area contributed by atoms with Crippen molar-refractivity contribution < 1.29 is 0 Å². The smallest absolute Gasteiger partial charge is 0.201 e. The first-order valence-electron chi connectivity index (χ1n) is 6.54. The Balaban J connectivity index is 2.18. The number of aromatic nitrogens is 2. The van der Waals surface area contributed by atoms with Crippen molar-refractivity contribution in [2.75, 3.05) is 5.73 Å². The van der Waals surface area contributed by atoms with Crippen LogP contribution >= 0.6 is 22.6 Å². The molecule has 0 aliphatic heterocycles. The Morgan fingerprint density at radius 1 is 1.28 bits per heavy atom. The number of nitrogen functional groups attached to an aromatic ring is 1. The summed E-state index contributed by atoms with van der Waals surface area (Å²) in [6.45, 7) is 2.32. The van der Waals surface area contributed by atoms with Gasteiger partial charge < -0.3 is 10.3 Å². The Kier molecular flexibility index (Phi) is 3.00. The normalized spacial score (nSPS) is 19.2. The van der Waals surface area contributed by atoms with Crippen molar-refractivity contribution in [3.63, 3.8) is 0 Å². The van der Waals surface area contributed by atoms with Crippen LogP contribution in [0.3, 0.4) is 0 Å². The average molecular weight is 355 g/mol. The number of hydrogen-bond donors (Lipinski definition) is 1. The van der Waals surface area contributed by atoms with Crippen molar-refractivity contribution in [1.29, 1.82) is 0 Å². The second kappa shape index (κ2) is 4.40. The van der Waals surface area contributed by atoms with E-state index in [1.54, 1.807) is 0 Å². The van der Waals surface area contributed by atoms with Crippen molar-refractivity contribution in [2.24, 2.45) is 0 Å². The monoisotopic (exact) mass is 355 g/mol. The van der Waals surface area contributed by atoms with Crippen LogP contribution in [0.15, 0.2) is 18.2 Å². The molecule has 1 aromatic heterocycles. The van der Waals surface area contributed by atoms with Crippen LogP contribution in [0.25, 0.3) is 11.0 Å². The second-order valence-electron chi connectivity index (χ2n) is 5.50. The van der Waals surface area contributed by atoms with Gasteiger partial charge >= 0.3 is 0 Å². The van der Waals surface area contributed by atoms with Gasteiger partial charge in [-0.2, -0.15) is 0 Å². The first kappa shape index (κ1) is 12.3. The molecule has 1 fully saturated rings. The van der Waals surface area contributed by atoms with Crippen LogP contribution in [-0.4, -0.2) is 9.55 Å². The number of benzene rings is 1. The second-order valence-corrected chi connectivity index (χ2v) is 6.74. The number of anilines is 1. The van der Waals surface area contributed by atoms with E-state index in [1.807, 2.05) is 0 Å². The molecule has 4 heteroatoms. The highest BCUT2D eigenvalue weighted by Gasteiger charge is 2.31. The van der Waals surface area contributed by atoms with Crippen molar-refractivity contribution >= 4 is 39.6 Å². The molecule has 2 aromatic rings. The predicted octanol–water partition coefficient (Wildman–Crippen LogP) is 3.90. The van der Waals surface area contributed by atoms with Crippen LogP contribution in [-0.2, 0) is 5.54 Å². The van der Waals surface area contributed by atoms with E-state index in [0.29, 0.717) is 5.95 Å². The number of imidazole rings is 1. The number of fused-ring (bicyclic) bond motifs is 1. The number of rotatable bonds is 1. The standard InChI is InChI=1S/C14H18IN3/c1-14(7-3-2-4-8-14)18-12-6-5-10(15)9-11(12)17-13(18)16/h5-6,9H,2-4,7-8H2,1H3,(H2,16,17). The third-order valence-electron chi connectivity index (χ3n) is 4.11. The minimum absolute atomic E-state index is 0.143. The topological polar surface area (TPSA) is 43.8 Å². The Bertz CT molecular complexity index is 582. The molecule has 0 unspecified atom stereocenters. The van der Waals surface area contributed by atoms with E-state index in [0.717, 1.165) is 5.52 Å². The largest absolute Gasteiger partial charge is 0.369 e. The van der Waals surface area contributed by atoms with Gasteiger partial charge in [-0.15, -0.1) is 0 Å². The third-order valence-corrected chi connectivity index (χ3v) is 4.78. The maximum atomic E-state index is 6.17. The van der Waals surface area contributed by atoms with Crippen LogP contribution in [0, 0.1) is 3.57 Å². The van der Waals surface area contributed by atoms with E-state index in [2.05, 4.69) is 57.3 Å². The van der Waals surface area contributed by atoms with Crippen molar-refractivity contribution in [1.82, 2.24) is 9.55 Å². The van der Waals surface area contributed by atoms with Gasteiger partial charge in [0.2, 0.25) is 5.95 Å². The maximum absolute atomic E-state index is 6.17. The molecular weight excluding hydrogens is 337 g/mol. The predicted molar refractivity (Wildman–Crippen MR) is 83.6 cm³/mol. The fraction of sp³-hybridized carbons (Fsp3) is 0.500. The van der Waals surface area contributed by atoms with E-state index in [1.165, 1.54) is 41.2 Å². The average Bonchev–Trinajstić information content (AvgIpc) is 2.65. The van der Waals surface area contributed by atoms with E-state index in [9.17, 15) is 0 Å². The van der Waals surface area contributed by atoms with Crippen LogP contribution in [0.4, 0.5) is 5.95 Å². The van der Waals surface area contributed by atoms with Crippen molar-refractivity contribution in [3.8, 4) is 0 Å². The van der Waals surface area contributed by atoms with Crippen molar-refractivity contribution in [3.05, 3.63) is 21.8 Å². The fourth-order valence-corrected chi connectivity index (χ4v) is 3.65. The Morgan fingerprint density at radius 2 is 2.00 bits per heavy atom. The van der Waals surface area contributed by atoms with Gasteiger partial charge in [0.25, 0.3) is 0 Å². The van der Waals surface area contributed by atoms with E-state index < -0.39 is 0 Å². The molecule has 96 valence electrons. The lowest BCUT2D eigenvalue weighted by atomic mass is 9.83. The zero-order valence-electron chi connectivity index (χ0n) is 10.6. The van der Waals surface area contributed by atoms with Crippen LogP contribution < -0.4 is 5.73 Å². The summed E-state index contributed by atoms with van der Waals surface area (Å²) in [6.07, 6.45) is 6.34. The Labute approximate surface area is 121 Å². The number of nitrogens with zero attached hydrogens (tertiary/aromatic N) is 2. The van der Waals surface area contributed by atoms with Crippen LogP contribution in [0.5, 0.6) is 0 Å². The molecule has 0 bridgehead atoms. The number of nitrogens with two attached hydrogens (primary N) is 1. The molecule has 2 N–H and O–H groups in total. The SMILES string of the molecule is CC1(n2c(N)nc3cc(I)ccc32)CCCCC1. The maximum Gasteiger partial charge on any atom is 0.201 e. The molecule has 0 spiro atoms. The van der Waals surface area contributed by atoms with E-state index in [4.69, 9.17) is 5.73 Å². The van der Waals surface area contributed by atoms with Gasteiger partial charge in [-0.25, -0.2) is 4.98 Å². The lowest BCUT2D eigenvalue weighted by Gasteiger charge is -2.36. The third kappa shape index (κ3) is 1.90. The molecule has 1 aromatic carbocycles. The zero-order chi connectivity index (χ0) is 12.8. The molecule has 1 aliphatic rings. The number of halogens is 1. The first-order chi connectivity index (χ1) is 8.60. The molecule has 18 heavy (non-hydrogen) atoms. The molecule has 1 aliphatic carbocycles. The number of hydrogen-bond acceptors (Lipinski definition) is 2. The lowest BCUT2D eigenvalue weighted by molar-refractivity contribution is 0.228. The van der Waals surface area contributed by atoms with Gasteiger partial charge in [0.05, 0.1) is 11.0 Å². The van der Waals surface area contributed by atoms with Gasteiger partial charge in [-0.05, 0) is 60.6 Å². The van der Waals surface area contributed by atoms with Gasteiger partial charge in [-0.3, -0.25) is 0 Å². The molecule has 3 rings (SSSR count). The van der Waals surface area contributed by atoms with Gasteiger partial charge in [0.15, 0.2) is 0 Å². The highest BCUT2D eigenvalue weighted by molar-refractivity contribution is 14.1. The Hall–Kier alpha value is -0.780. The van der Waals surface area contributed by atoms with Gasteiger partial charge in [0.1, 0.15) is 0 Å². The first-order valence-corrected chi connectivity index (χ1v) is 7.62. The summed E-state index contributed by atoms with van der Waals surface area (Å²) in [6, 6.07) is 6.39. The Morgan fingerprint density at radius 3 is 2.72 bits per heavy atom. The summed E-state index contributed by atoms with van der Waals surface area (Å²) in [5.74, 6) is 0.663. The minimum atomic E-state index is 0.143. The fourth-order valence-electron chi connectivity index (χ4n) is 3.18. The summed E-state index contributed by atoms with van der Waals surface area (Å²) in [4.78, 5) is 4.53. The quantitative estimate of drug-likeness (QED) is 0.789. The molecule has 3 nitrogen and oxygen atoms in total. The summed E-state index contributed by atoms with van der Waals surface area (Å²) in [5, 5.41) is 0. The van der Waals surface area contributed by atoms with E-state index >= 15 is 0 Å². The molecular formula is C14H18IN3. The zero-order valence-corrected chi connectivity index (χ0v) is 12.8. The van der Waals surface area contributed by atoms with Gasteiger partial charge in [0, 0.05) is 9.11 Å². The highest BCUT2D eigenvalue weighted by atomic mass is 127. The molecule has 1 saturated carbocycles. The molecule has 0 amide bonds. The minimum Gasteiger partial charge on any atom is -0.369 e. The molecule has 0 radical (unpaired) electrons. The van der Waals surface area contributed by atoms with Crippen LogP contribution in [0.1, 0.15) is 39.0 Å². The van der Waals surface area contributed by atoms with E-state index in [-0.39, 0.29) is 5.54 Å². The van der Waals surface area contributed by atoms with Gasteiger partial charge in [-0.1, -0.05) is 19.3 Å². The van der Waals surface area contributed by atoms with Crippen LogP contribution in [0.2, 0.25) is 0 Å². The summed E-state index contributed by atoms with van der Waals surface area (Å²) in [5.41, 5.74) is 8.51. The molecule has 0 atom stereocenters. The summed E-state index contributed by atoms with van der Waals surface area (Å²) < 4.78 is 3.47. The molecule has 1 heterocycles. The summed E-state index contributed by atoms with van der Waals surface area (Å²) in [7, 11) is 0. The molecule has 0 saturated heterocycles. The lowest BCUT2D eigenvalue weighted by Crippen LogP contribution is -2.33.